The van der Waals surface area contributed by atoms with Crippen LogP contribution in [0, 0.1) is 0 Å². The van der Waals surface area contributed by atoms with Crippen molar-refractivity contribution in [1.82, 2.24) is 0 Å². The van der Waals surface area contributed by atoms with E-state index in [1.165, 1.54) is 24.3 Å². The van der Waals surface area contributed by atoms with Gasteiger partial charge in [0.05, 0.1) is 5.56 Å². The highest BCUT2D eigenvalue weighted by molar-refractivity contribution is 5.89. The summed E-state index contributed by atoms with van der Waals surface area (Å²) in [5.41, 5.74) is 1.30. The van der Waals surface area contributed by atoms with E-state index in [4.69, 9.17) is 9.84 Å². The van der Waals surface area contributed by atoms with Gasteiger partial charge in [-0.15, -0.1) is 0 Å². The van der Waals surface area contributed by atoms with Gasteiger partial charge in [0.2, 0.25) is 0 Å². The molecule has 0 aliphatic heterocycles. The normalized spacial score (nSPS) is 9.67. The van der Waals surface area contributed by atoms with Gasteiger partial charge < -0.3 is 9.84 Å². The Morgan fingerprint density at radius 1 is 1.40 bits per heavy atom. The molecule has 0 aliphatic carbocycles. The van der Waals surface area contributed by atoms with Gasteiger partial charge in [-0.25, -0.2) is 4.79 Å². The Kier molecular flexibility index (Phi) is 3.92. The average Bonchev–Trinajstić information content (AvgIpc) is 2.26. The summed E-state index contributed by atoms with van der Waals surface area (Å²) in [5, 5.41) is 9.03. The van der Waals surface area contributed by atoms with E-state index in [1.807, 2.05) is 6.92 Å². The Hall–Kier alpha value is -1.77. The second-order valence-electron chi connectivity index (χ2n) is 3.23. The number of rotatable bonds is 4. The van der Waals surface area contributed by atoms with Crippen molar-refractivity contribution >= 4 is 5.97 Å². The van der Waals surface area contributed by atoms with Gasteiger partial charge in [0.15, 0.2) is 0 Å². The third kappa shape index (κ3) is 3.46. The largest absolute Gasteiger partial charge is 0.508 e. The Morgan fingerprint density at radius 2 is 2.00 bits per heavy atom. The van der Waals surface area contributed by atoms with Crippen LogP contribution in [0.1, 0.15) is 23.7 Å². The molecule has 1 aromatic rings. The first-order valence-electron chi connectivity index (χ1n) is 4.76. The number of ether oxygens (including phenoxy) is 1. The third-order valence-corrected chi connectivity index (χ3v) is 2.01. The number of esters is 1. The Bertz CT molecular complexity index is 352. The topological polar surface area (TPSA) is 46.5 Å². The number of carbonyl (C=O) groups excluding carboxylic acids is 1. The number of aromatic hydroxyl groups is 1. The van der Waals surface area contributed by atoms with Gasteiger partial charge in [0, 0.05) is 0 Å². The molecule has 0 bridgehead atoms. The summed E-state index contributed by atoms with van der Waals surface area (Å²) < 4.78 is 5.00. The quantitative estimate of drug-likeness (QED) is 0.608. The number of benzene rings is 1. The molecule has 0 saturated carbocycles. The average molecular weight is 206 g/mol. The molecule has 0 fully saturated rings. The molecular weight excluding hydrogens is 192 g/mol. The molecule has 1 N–H and O–H groups in total. The molecule has 3 heteroatoms. The van der Waals surface area contributed by atoms with E-state index < -0.39 is 5.97 Å². The molecule has 0 aliphatic rings. The highest BCUT2D eigenvalue weighted by atomic mass is 16.5. The first kappa shape index (κ1) is 11.3. The summed E-state index contributed by atoms with van der Waals surface area (Å²) in [4.78, 5) is 11.4. The standard InChI is InChI=1S/C12H14O3/c1-3-9(2)8-15-12(14)10-4-6-11(13)7-5-10/h4-7,13H,2-3,8H2,1H3. The molecule has 0 atom stereocenters. The number of hydrogen-bond donors (Lipinski definition) is 1. The summed E-state index contributed by atoms with van der Waals surface area (Å²) in [5.74, 6) is -0.269. The maximum atomic E-state index is 11.4. The predicted molar refractivity (Wildman–Crippen MR) is 57.8 cm³/mol. The van der Waals surface area contributed by atoms with Crippen molar-refractivity contribution in [3.63, 3.8) is 0 Å². The van der Waals surface area contributed by atoms with Crippen molar-refractivity contribution in [3.05, 3.63) is 42.0 Å². The first-order chi connectivity index (χ1) is 7.13. The minimum atomic E-state index is -0.399. The lowest BCUT2D eigenvalue weighted by molar-refractivity contribution is 0.0538. The molecular formula is C12H14O3. The minimum absolute atomic E-state index is 0.129. The van der Waals surface area contributed by atoms with Gasteiger partial charge >= 0.3 is 5.97 Å². The molecule has 0 saturated heterocycles. The number of hydrogen-bond acceptors (Lipinski definition) is 3. The molecule has 15 heavy (non-hydrogen) atoms. The van der Waals surface area contributed by atoms with Crippen LogP contribution in [0.2, 0.25) is 0 Å². The zero-order chi connectivity index (χ0) is 11.3. The third-order valence-electron chi connectivity index (χ3n) is 2.01. The summed E-state index contributed by atoms with van der Waals surface area (Å²) >= 11 is 0. The fourth-order valence-corrected chi connectivity index (χ4v) is 0.951. The van der Waals surface area contributed by atoms with Gasteiger partial charge in [-0.1, -0.05) is 13.5 Å². The van der Waals surface area contributed by atoms with Crippen molar-refractivity contribution in [1.29, 1.82) is 0 Å². The molecule has 0 aromatic heterocycles. The van der Waals surface area contributed by atoms with Crippen LogP contribution >= 0.6 is 0 Å². The second kappa shape index (κ2) is 5.20. The Labute approximate surface area is 89.0 Å². The molecule has 3 nitrogen and oxygen atoms in total. The zero-order valence-electron chi connectivity index (χ0n) is 8.69. The van der Waals surface area contributed by atoms with Crippen LogP contribution in [0.4, 0.5) is 0 Å². The maximum Gasteiger partial charge on any atom is 0.338 e. The van der Waals surface area contributed by atoms with Gasteiger partial charge in [-0.2, -0.15) is 0 Å². The SMILES string of the molecule is C=C(CC)COC(=O)c1ccc(O)cc1. The van der Waals surface area contributed by atoms with Crippen LogP contribution in [-0.4, -0.2) is 17.7 Å². The van der Waals surface area contributed by atoms with Crippen molar-refractivity contribution in [2.24, 2.45) is 0 Å². The van der Waals surface area contributed by atoms with E-state index in [0.29, 0.717) is 5.56 Å². The van der Waals surface area contributed by atoms with Gasteiger partial charge in [-0.05, 0) is 36.3 Å². The summed E-state index contributed by atoms with van der Waals surface area (Å²) in [6.07, 6.45) is 0.795. The summed E-state index contributed by atoms with van der Waals surface area (Å²) in [6.45, 7) is 5.94. The predicted octanol–water partition coefficient (Wildman–Crippen LogP) is 2.52. The van der Waals surface area contributed by atoms with Crippen LogP contribution in [0.25, 0.3) is 0 Å². The monoisotopic (exact) mass is 206 g/mol. The zero-order valence-corrected chi connectivity index (χ0v) is 8.69. The molecule has 1 aromatic carbocycles. The van der Waals surface area contributed by atoms with E-state index in [-0.39, 0.29) is 12.4 Å². The van der Waals surface area contributed by atoms with Crippen LogP contribution in [0.15, 0.2) is 36.4 Å². The summed E-state index contributed by atoms with van der Waals surface area (Å²) in [7, 11) is 0. The molecule has 1 rings (SSSR count). The van der Waals surface area contributed by atoms with Crippen molar-refractivity contribution in [3.8, 4) is 5.75 Å². The molecule has 0 heterocycles. The van der Waals surface area contributed by atoms with E-state index >= 15 is 0 Å². The molecule has 0 amide bonds. The van der Waals surface area contributed by atoms with Crippen LogP contribution < -0.4 is 0 Å². The van der Waals surface area contributed by atoms with Gasteiger partial charge in [0.1, 0.15) is 12.4 Å². The van der Waals surface area contributed by atoms with Gasteiger partial charge in [-0.3, -0.25) is 0 Å². The number of phenolic OH excluding ortho intramolecular Hbond substituents is 1. The Balaban J connectivity index is 2.54. The lowest BCUT2D eigenvalue weighted by Crippen LogP contribution is -2.07. The molecule has 0 unspecified atom stereocenters. The molecule has 0 spiro atoms. The minimum Gasteiger partial charge on any atom is -0.508 e. The fraction of sp³-hybridized carbons (Fsp3) is 0.250. The first-order valence-corrected chi connectivity index (χ1v) is 4.76. The highest BCUT2D eigenvalue weighted by Gasteiger charge is 2.06. The van der Waals surface area contributed by atoms with Crippen molar-refractivity contribution in [2.75, 3.05) is 6.61 Å². The van der Waals surface area contributed by atoms with E-state index in [2.05, 4.69) is 6.58 Å². The highest BCUT2D eigenvalue weighted by Crippen LogP contribution is 2.11. The van der Waals surface area contributed by atoms with Crippen LogP contribution in [-0.2, 0) is 4.74 Å². The van der Waals surface area contributed by atoms with Crippen molar-refractivity contribution in [2.45, 2.75) is 13.3 Å². The smallest absolute Gasteiger partial charge is 0.338 e. The number of phenols is 1. The van der Waals surface area contributed by atoms with Gasteiger partial charge in [0.25, 0.3) is 0 Å². The Morgan fingerprint density at radius 3 is 2.53 bits per heavy atom. The second-order valence-corrected chi connectivity index (χ2v) is 3.23. The van der Waals surface area contributed by atoms with Crippen LogP contribution in [0.5, 0.6) is 5.75 Å². The maximum absolute atomic E-state index is 11.4. The van der Waals surface area contributed by atoms with Crippen molar-refractivity contribution < 1.29 is 14.6 Å². The van der Waals surface area contributed by atoms with E-state index in [1.54, 1.807) is 0 Å². The molecule has 80 valence electrons. The van der Waals surface area contributed by atoms with Crippen LogP contribution in [0.3, 0.4) is 0 Å². The molecule has 0 radical (unpaired) electrons. The lowest BCUT2D eigenvalue weighted by Gasteiger charge is -2.05. The lowest BCUT2D eigenvalue weighted by atomic mass is 10.2. The number of carbonyl (C=O) groups is 1. The van der Waals surface area contributed by atoms with E-state index in [0.717, 1.165) is 12.0 Å². The summed E-state index contributed by atoms with van der Waals surface area (Å²) in [6, 6.07) is 5.94. The fourth-order valence-electron chi connectivity index (χ4n) is 0.951. The van der Waals surface area contributed by atoms with E-state index in [9.17, 15) is 4.79 Å².